The van der Waals surface area contributed by atoms with Gasteiger partial charge in [-0.05, 0) is 25.6 Å². The molecular formula is C9H15F3N6OS. The number of aromatic nitrogens is 3. The maximum Gasteiger partial charge on any atom is 0.441 e. The molecule has 0 amide bonds. The summed E-state index contributed by atoms with van der Waals surface area (Å²) < 4.78 is 41.1. The zero-order chi connectivity index (χ0) is 15.2. The standard InChI is InChI=1S/C9H15F3N6OS/c1-5(2)19-8-16-6(15-7(17-8)18-13)14-3-4-20-9(10,11)12/h5H,3-4,13H2,1-2H3,(H2,14,15,16,17,18). The number of halogens is 3. The summed E-state index contributed by atoms with van der Waals surface area (Å²) in [4.78, 5) is 11.6. The number of nitrogens with zero attached hydrogens (tertiary/aromatic N) is 3. The number of alkyl halides is 3. The Morgan fingerprint density at radius 1 is 1.25 bits per heavy atom. The first-order valence-corrected chi connectivity index (χ1v) is 6.62. The molecule has 0 aromatic carbocycles. The van der Waals surface area contributed by atoms with Gasteiger partial charge in [-0.1, -0.05) is 0 Å². The highest BCUT2D eigenvalue weighted by atomic mass is 32.2. The maximum atomic E-state index is 12.0. The summed E-state index contributed by atoms with van der Waals surface area (Å²) in [5.74, 6) is 5.17. The molecule has 0 saturated carbocycles. The Hall–Kier alpha value is -1.49. The van der Waals surface area contributed by atoms with E-state index in [1.54, 1.807) is 13.8 Å². The Bertz CT molecular complexity index is 431. The van der Waals surface area contributed by atoms with E-state index in [0.717, 1.165) is 0 Å². The van der Waals surface area contributed by atoms with E-state index in [9.17, 15) is 13.2 Å². The van der Waals surface area contributed by atoms with Crippen molar-refractivity contribution in [3.63, 3.8) is 0 Å². The summed E-state index contributed by atoms with van der Waals surface area (Å²) in [7, 11) is 0. The molecule has 114 valence electrons. The van der Waals surface area contributed by atoms with Crippen LogP contribution in [0.25, 0.3) is 0 Å². The molecule has 0 aliphatic carbocycles. The van der Waals surface area contributed by atoms with Gasteiger partial charge in [-0.3, -0.25) is 5.43 Å². The van der Waals surface area contributed by atoms with E-state index in [4.69, 9.17) is 10.6 Å². The Labute approximate surface area is 117 Å². The molecule has 0 bridgehead atoms. The van der Waals surface area contributed by atoms with Crippen molar-refractivity contribution in [1.82, 2.24) is 15.0 Å². The molecule has 0 spiro atoms. The van der Waals surface area contributed by atoms with Gasteiger partial charge in [-0.15, -0.1) is 0 Å². The zero-order valence-electron chi connectivity index (χ0n) is 10.9. The van der Waals surface area contributed by atoms with E-state index in [2.05, 4.69) is 25.7 Å². The molecule has 0 fully saturated rings. The number of nitrogens with two attached hydrogens (primary N) is 1. The van der Waals surface area contributed by atoms with Crippen LogP contribution >= 0.6 is 11.8 Å². The third kappa shape index (κ3) is 6.61. The van der Waals surface area contributed by atoms with E-state index in [1.807, 2.05) is 0 Å². The number of nitrogens with one attached hydrogen (secondary N) is 2. The third-order valence-corrected chi connectivity index (χ3v) is 2.47. The van der Waals surface area contributed by atoms with Crippen LogP contribution in [0.4, 0.5) is 25.1 Å². The molecule has 1 aromatic rings. The number of anilines is 2. The Balaban J connectivity index is 2.60. The number of nitrogen functional groups attached to an aromatic ring is 1. The summed E-state index contributed by atoms with van der Waals surface area (Å²) in [6.07, 6.45) is -0.156. The number of hydrogen-bond acceptors (Lipinski definition) is 8. The van der Waals surface area contributed by atoms with Crippen molar-refractivity contribution in [2.45, 2.75) is 25.5 Å². The van der Waals surface area contributed by atoms with Crippen LogP contribution in [0.1, 0.15) is 13.8 Å². The van der Waals surface area contributed by atoms with Crippen LogP contribution in [0.2, 0.25) is 0 Å². The maximum absolute atomic E-state index is 12.0. The predicted octanol–water partition coefficient (Wildman–Crippen LogP) is 1.61. The van der Waals surface area contributed by atoms with Gasteiger partial charge in [0.05, 0.1) is 6.10 Å². The largest absolute Gasteiger partial charge is 0.461 e. The minimum absolute atomic E-state index is 0.0360. The molecule has 0 unspecified atom stereocenters. The lowest BCUT2D eigenvalue weighted by molar-refractivity contribution is -0.0327. The second-order valence-electron chi connectivity index (χ2n) is 3.80. The van der Waals surface area contributed by atoms with Crippen molar-refractivity contribution < 1.29 is 17.9 Å². The molecular weight excluding hydrogens is 297 g/mol. The molecule has 1 aromatic heterocycles. The fourth-order valence-electron chi connectivity index (χ4n) is 1.09. The first-order chi connectivity index (χ1) is 9.30. The van der Waals surface area contributed by atoms with Gasteiger partial charge < -0.3 is 10.1 Å². The SMILES string of the molecule is CC(C)Oc1nc(NN)nc(NCCSC(F)(F)F)n1. The Kier molecular flexibility index (Phi) is 6.07. The predicted molar refractivity (Wildman–Crippen MR) is 70.4 cm³/mol. The number of hydrogen-bond donors (Lipinski definition) is 3. The highest BCUT2D eigenvalue weighted by Crippen LogP contribution is 2.29. The molecule has 7 nitrogen and oxygen atoms in total. The van der Waals surface area contributed by atoms with Crippen LogP contribution in [0.3, 0.4) is 0 Å². The first-order valence-electron chi connectivity index (χ1n) is 5.64. The molecule has 4 N–H and O–H groups in total. The molecule has 20 heavy (non-hydrogen) atoms. The summed E-state index contributed by atoms with van der Waals surface area (Å²) >= 11 is -0.128. The normalized spacial score (nSPS) is 11.6. The quantitative estimate of drug-likeness (QED) is 0.397. The Morgan fingerprint density at radius 2 is 1.90 bits per heavy atom. The van der Waals surface area contributed by atoms with Gasteiger partial charge in [0, 0.05) is 12.3 Å². The first kappa shape index (κ1) is 16.6. The van der Waals surface area contributed by atoms with Crippen molar-refractivity contribution in [3.8, 4) is 6.01 Å². The van der Waals surface area contributed by atoms with Crippen LogP contribution in [0.5, 0.6) is 6.01 Å². The van der Waals surface area contributed by atoms with Crippen LogP contribution in [0.15, 0.2) is 0 Å². The van der Waals surface area contributed by atoms with Crippen molar-refractivity contribution in [2.75, 3.05) is 23.0 Å². The lowest BCUT2D eigenvalue weighted by Gasteiger charge is -2.11. The summed E-state index contributed by atoms with van der Waals surface area (Å²) in [5, 5.41) is 2.65. The van der Waals surface area contributed by atoms with Gasteiger partial charge >= 0.3 is 11.5 Å². The molecule has 1 rings (SSSR count). The van der Waals surface area contributed by atoms with Crippen LogP contribution in [-0.2, 0) is 0 Å². The van der Waals surface area contributed by atoms with Gasteiger partial charge in [0.15, 0.2) is 0 Å². The molecule has 0 atom stereocenters. The fraction of sp³-hybridized carbons (Fsp3) is 0.667. The second kappa shape index (κ2) is 7.33. The van der Waals surface area contributed by atoms with Crippen molar-refractivity contribution in [3.05, 3.63) is 0 Å². The summed E-state index contributed by atoms with van der Waals surface area (Å²) in [5.41, 5.74) is -2.03. The van der Waals surface area contributed by atoms with Gasteiger partial charge in [-0.25, -0.2) is 5.84 Å². The van der Waals surface area contributed by atoms with E-state index in [-0.39, 0.29) is 48.1 Å². The van der Waals surface area contributed by atoms with E-state index in [0.29, 0.717) is 0 Å². The minimum Gasteiger partial charge on any atom is -0.461 e. The average Bonchev–Trinajstić information content (AvgIpc) is 2.32. The third-order valence-electron chi connectivity index (χ3n) is 1.74. The molecule has 0 saturated heterocycles. The second-order valence-corrected chi connectivity index (χ2v) is 4.96. The number of thioether (sulfide) groups is 1. The van der Waals surface area contributed by atoms with Gasteiger partial charge in [0.1, 0.15) is 0 Å². The minimum atomic E-state index is -4.25. The lowest BCUT2D eigenvalue weighted by atomic mass is 10.5. The Morgan fingerprint density at radius 3 is 2.45 bits per heavy atom. The molecule has 0 aliphatic heterocycles. The molecule has 11 heteroatoms. The van der Waals surface area contributed by atoms with Crippen molar-refractivity contribution >= 4 is 23.7 Å². The molecule has 0 radical (unpaired) electrons. The van der Waals surface area contributed by atoms with E-state index < -0.39 is 5.51 Å². The monoisotopic (exact) mass is 312 g/mol. The van der Waals surface area contributed by atoms with Gasteiger partial charge in [-0.2, -0.15) is 28.1 Å². The van der Waals surface area contributed by atoms with E-state index in [1.165, 1.54) is 0 Å². The smallest absolute Gasteiger partial charge is 0.441 e. The van der Waals surface area contributed by atoms with Gasteiger partial charge in [0.2, 0.25) is 11.9 Å². The summed E-state index contributed by atoms with van der Waals surface area (Å²) in [6.45, 7) is 3.61. The topological polar surface area (TPSA) is 98.0 Å². The zero-order valence-corrected chi connectivity index (χ0v) is 11.7. The molecule has 0 aliphatic rings. The number of hydrazine groups is 1. The number of rotatable bonds is 7. The summed E-state index contributed by atoms with van der Waals surface area (Å²) in [6, 6.07) is 0.0360. The highest BCUT2D eigenvalue weighted by molar-refractivity contribution is 8.00. The highest BCUT2D eigenvalue weighted by Gasteiger charge is 2.27. The van der Waals surface area contributed by atoms with Gasteiger partial charge in [0.25, 0.3) is 0 Å². The number of ether oxygens (including phenoxy) is 1. The van der Waals surface area contributed by atoms with Crippen LogP contribution in [0, 0.1) is 0 Å². The average molecular weight is 312 g/mol. The van der Waals surface area contributed by atoms with E-state index >= 15 is 0 Å². The van der Waals surface area contributed by atoms with Crippen LogP contribution in [-0.4, -0.2) is 38.9 Å². The van der Waals surface area contributed by atoms with Crippen molar-refractivity contribution in [2.24, 2.45) is 5.84 Å². The van der Waals surface area contributed by atoms with Crippen molar-refractivity contribution in [1.29, 1.82) is 0 Å². The fourth-order valence-corrected chi connectivity index (χ4v) is 1.53. The lowest BCUT2D eigenvalue weighted by Crippen LogP contribution is -2.17. The van der Waals surface area contributed by atoms with Crippen LogP contribution < -0.4 is 21.3 Å². The molecule has 1 heterocycles.